The summed E-state index contributed by atoms with van der Waals surface area (Å²) in [6.07, 6.45) is 0.484. The Bertz CT molecular complexity index is 491. The van der Waals surface area contributed by atoms with E-state index >= 15 is 0 Å². The van der Waals surface area contributed by atoms with Crippen LogP contribution >= 0.6 is 0 Å². The van der Waals surface area contributed by atoms with Crippen LogP contribution in [0, 0.1) is 17.0 Å². The van der Waals surface area contributed by atoms with Crippen molar-refractivity contribution >= 4 is 11.7 Å². The van der Waals surface area contributed by atoms with Gasteiger partial charge in [-0.25, -0.2) is 4.79 Å². The number of benzene rings is 1. The zero-order valence-corrected chi connectivity index (χ0v) is 11.5. The average Bonchev–Trinajstić information content (AvgIpc) is 2.39. The lowest BCUT2D eigenvalue weighted by Gasteiger charge is -2.15. The molecule has 7 nitrogen and oxygen atoms in total. The molecule has 1 aromatic rings. The van der Waals surface area contributed by atoms with Crippen LogP contribution in [-0.2, 0) is 0 Å². The first-order chi connectivity index (χ1) is 9.45. The number of hydrogen-bond acceptors (Lipinski definition) is 4. The van der Waals surface area contributed by atoms with Crippen LogP contribution in [0.3, 0.4) is 0 Å². The van der Waals surface area contributed by atoms with Gasteiger partial charge in [0.1, 0.15) is 0 Å². The van der Waals surface area contributed by atoms with Gasteiger partial charge in [-0.1, -0.05) is 12.1 Å². The molecule has 1 rings (SSSR count). The number of nitrogens with one attached hydrogen (secondary N) is 2. The number of nitro groups is 1. The lowest BCUT2D eigenvalue weighted by atomic mass is 10.1. The van der Waals surface area contributed by atoms with Gasteiger partial charge in [0.15, 0.2) is 0 Å². The van der Waals surface area contributed by atoms with Crippen molar-refractivity contribution in [3.05, 3.63) is 39.4 Å². The number of nitro benzene ring substituents is 1. The zero-order chi connectivity index (χ0) is 15.1. The lowest BCUT2D eigenvalue weighted by Crippen LogP contribution is -2.37. The molecule has 0 unspecified atom stereocenters. The van der Waals surface area contributed by atoms with E-state index in [1.807, 2.05) is 0 Å². The molecule has 0 saturated heterocycles. The Hall–Kier alpha value is -2.15. The van der Waals surface area contributed by atoms with E-state index in [2.05, 4.69) is 10.6 Å². The molecule has 0 radical (unpaired) electrons. The Kier molecular flexibility index (Phi) is 5.92. The molecule has 1 atom stereocenters. The fourth-order valence-electron chi connectivity index (χ4n) is 1.70. The standard InChI is InChI=1S/C13H19N3O4/c1-9-4-5-11(8-12(9)16(19)20)10(2)15-13(18)14-6-3-7-17/h4-5,8,10,17H,3,6-7H2,1-2H3,(H2,14,15,18)/t10-/m0/s1. The third-order valence-corrected chi connectivity index (χ3v) is 2.90. The maximum Gasteiger partial charge on any atom is 0.315 e. The molecule has 0 heterocycles. The van der Waals surface area contributed by atoms with E-state index in [9.17, 15) is 14.9 Å². The molecule has 0 aliphatic heterocycles. The van der Waals surface area contributed by atoms with E-state index in [0.29, 0.717) is 24.1 Å². The summed E-state index contributed by atoms with van der Waals surface area (Å²) in [4.78, 5) is 22.0. The number of amides is 2. The van der Waals surface area contributed by atoms with Gasteiger partial charge in [-0.05, 0) is 25.8 Å². The summed E-state index contributed by atoms with van der Waals surface area (Å²) in [5.74, 6) is 0. The van der Waals surface area contributed by atoms with Gasteiger partial charge in [-0.3, -0.25) is 10.1 Å². The molecule has 0 fully saturated rings. The van der Waals surface area contributed by atoms with Crippen molar-refractivity contribution in [3.8, 4) is 0 Å². The van der Waals surface area contributed by atoms with E-state index in [0.717, 1.165) is 0 Å². The zero-order valence-electron chi connectivity index (χ0n) is 11.5. The van der Waals surface area contributed by atoms with Gasteiger partial charge >= 0.3 is 6.03 Å². The first-order valence-electron chi connectivity index (χ1n) is 6.36. The Morgan fingerprint density at radius 1 is 1.50 bits per heavy atom. The Morgan fingerprint density at radius 2 is 2.20 bits per heavy atom. The summed E-state index contributed by atoms with van der Waals surface area (Å²) >= 11 is 0. The molecule has 2 amide bonds. The summed E-state index contributed by atoms with van der Waals surface area (Å²) in [7, 11) is 0. The highest BCUT2D eigenvalue weighted by molar-refractivity contribution is 5.74. The number of carbonyl (C=O) groups is 1. The molecule has 0 aromatic heterocycles. The summed E-state index contributed by atoms with van der Waals surface area (Å²) in [6, 6.07) is 4.17. The minimum atomic E-state index is -0.438. The molecule has 0 aliphatic rings. The molecular weight excluding hydrogens is 262 g/mol. The lowest BCUT2D eigenvalue weighted by molar-refractivity contribution is -0.385. The number of aryl methyl sites for hydroxylation is 1. The highest BCUT2D eigenvalue weighted by Crippen LogP contribution is 2.23. The van der Waals surface area contributed by atoms with E-state index in [4.69, 9.17) is 5.11 Å². The molecule has 110 valence electrons. The molecule has 1 aromatic carbocycles. The number of aliphatic hydroxyl groups excluding tert-OH is 1. The topological polar surface area (TPSA) is 104 Å². The fourth-order valence-corrected chi connectivity index (χ4v) is 1.70. The van der Waals surface area contributed by atoms with Crippen molar-refractivity contribution in [3.63, 3.8) is 0 Å². The Balaban J connectivity index is 2.68. The van der Waals surface area contributed by atoms with Crippen LogP contribution in [0.2, 0.25) is 0 Å². The number of nitrogens with zero attached hydrogens (tertiary/aromatic N) is 1. The molecule has 20 heavy (non-hydrogen) atoms. The second-order valence-corrected chi connectivity index (χ2v) is 4.50. The smallest absolute Gasteiger partial charge is 0.315 e. The second-order valence-electron chi connectivity index (χ2n) is 4.50. The van der Waals surface area contributed by atoms with E-state index in [-0.39, 0.29) is 24.4 Å². The van der Waals surface area contributed by atoms with E-state index in [1.165, 1.54) is 6.07 Å². The molecular formula is C13H19N3O4. The van der Waals surface area contributed by atoms with Crippen LogP contribution in [0.15, 0.2) is 18.2 Å². The van der Waals surface area contributed by atoms with Crippen LogP contribution in [0.25, 0.3) is 0 Å². The molecule has 0 spiro atoms. The van der Waals surface area contributed by atoms with Crippen molar-refractivity contribution in [2.24, 2.45) is 0 Å². The van der Waals surface area contributed by atoms with Gasteiger partial charge in [0.25, 0.3) is 5.69 Å². The van der Waals surface area contributed by atoms with Crippen molar-refractivity contribution in [2.45, 2.75) is 26.3 Å². The first kappa shape index (κ1) is 15.9. The SMILES string of the molecule is Cc1ccc([C@H](C)NC(=O)NCCCO)cc1[N+](=O)[O-]. The van der Waals surface area contributed by atoms with Gasteiger partial charge in [0, 0.05) is 24.8 Å². The molecule has 7 heteroatoms. The van der Waals surface area contributed by atoms with Crippen molar-refractivity contribution in [1.82, 2.24) is 10.6 Å². The monoisotopic (exact) mass is 281 g/mol. The van der Waals surface area contributed by atoms with Crippen LogP contribution in [0.4, 0.5) is 10.5 Å². The van der Waals surface area contributed by atoms with Crippen molar-refractivity contribution in [2.75, 3.05) is 13.2 Å². The third kappa shape index (κ3) is 4.51. The van der Waals surface area contributed by atoms with Gasteiger partial charge in [0.2, 0.25) is 0 Å². The van der Waals surface area contributed by atoms with Gasteiger partial charge in [-0.2, -0.15) is 0 Å². The highest BCUT2D eigenvalue weighted by Gasteiger charge is 2.15. The second kappa shape index (κ2) is 7.44. The van der Waals surface area contributed by atoms with Gasteiger partial charge in [0.05, 0.1) is 11.0 Å². The Morgan fingerprint density at radius 3 is 2.80 bits per heavy atom. The first-order valence-corrected chi connectivity index (χ1v) is 6.36. The van der Waals surface area contributed by atoms with Crippen molar-refractivity contribution < 1.29 is 14.8 Å². The number of urea groups is 1. The van der Waals surface area contributed by atoms with E-state index < -0.39 is 4.92 Å². The summed E-state index contributed by atoms with van der Waals surface area (Å²) in [5.41, 5.74) is 1.29. The van der Waals surface area contributed by atoms with Crippen LogP contribution in [0.5, 0.6) is 0 Å². The average molecular weight is 281 g/mol. The van der Waals surface area contributed by atoms with E-state index in [1.54, 1.807) is 26.0 Å². The number of aliphatic hydroxyl groups is 1. The molecule has 3 N–H and O–H groups in total. The van der Waals surface area contributed by atoms with Crippen LogP contribution in [-0.4, -0.2) is 29.2 Å². The number of hydrogen-bond donors (Lipinski definition) is 3. The van der Waals surface area contributed by atoms with Gasteiger partial charge < -0.3 is 15.7 Å². The van der Waals surface area contributed by atoms with Gasteiger partial charge in [-0.15, -0.1) is 0 Å². The quantitative estimate of drug-likeness (QED) is 0.419. The molecule has 0 saturated carbocycles. The minimum absolute atomic E-state index is 0.0139. The largest absolute Gasteiger partial charge is 0.396 e. The highest BCUT2D eigenvalue weighted by atomic mass is 16.6. The van der Waals surface area contributed by atoms with Crippen LogP contribution < -0.4 is 10.6 Å². The summed E-state index contributed by atoms with van der Waals surface area (Å²) < 4.78 is 0. The molecule has 0 bridgehead atoms. The van der Waals surface area contributed by atoms with Crippen molar-refractivity contribution in [1.29, 1.82) is 0 Å². The third-order valence-electron chi connectivity index (χ3n) is 2.90. The van der Waals surface area contributed by atoms with Crippen LogP contribution in [0.1, 0.15) is 30.5 Å². The minimum Gasteiger partial charge on any atom is -0.396 e. The fraction of sp³-hybridized carbons (Fsp3) is 0.462. The maximum atomic E-state index is 11.5. The Labute approximate surface area is 117 Å². The predicted octanol–water partition coefficient (Wildman–Crippen LogP) is 1.65. The normalized spacial score (nSPS) is 11.8. The summed E-state index contributed by atoms with van der Waals surface area (Å²) in [5, 5.41) is 24.8. The molecule has 0 aliphatic carbocycles. The maximum absolute atomic E-state index is 11.5. The predicted molar refractivity (Wildman–Crippen MR) is 74.5 cm³/mol. The summed E-state index contributed by atoms with van der Waals surface area (Å²) in [6.45, 7) is 3.81. The number of carbonyl (C=O) groups excluding carboxylic acids is 1. The number of rotatable bonds is 6.